The van der Waals surface area contributed by atoms with Gasteiger partial charge in [0.05, 0.1) is 4.90 Å². The average Bonchev–Trinajstić information content (AvgIpc) is 3.10. The number of carbonyl (C=O) groups is 2. The fourth-order valence-electron chi connectivity index (χ4n) is 5.06. The summed E-state index contributed by atoms with van der Waals surface area (Å²) in [7, 11) is -3.51. The smallest absolute Gasteiger partial charge is 0.243 e. The Morgan fingerprint density at radius 3 is 2.12 bits per heavy atom. The molecule has 0 radical (unpaired) electrons. The van der Waals surface area contributed by atoms with Gasteiger partial charge in [0.2, 0.25) is 21.8 Å². The zero-order chi connectivity index (χ0) is 24.6. The Morgan fingerprint density at radius 1 is 0.912 bits per heavy atom. The van der Waals surface area contributed by atoms with E-state index in [9.17, 15) is 18.0 Å². The van der Waals surface area contributed by atoms with Gasteiger partial charge in [0.1, 0.15) is 6.04 Å². The van der Waals surface area contributed by atoms with Crippen LogP contribution in [-0.2, 0) is 19.6 Å². The Kier molecular flexibility index (Phi) is 9.95. The molecule has 1 unspecified atom stereocenters. The van der Waals surface area contributed by atoms with Gasteiger partial charge in [-0.25, -0.2) is 13.1 Å². The first-order valence-corrected chi connectivity index (χ1v) is 14.4. The van der Waals surface area contributed by atoms with Crippen LogP contribution in [0.25, 0.3) is 0 Å². The minimum atomic E-state index is -3.51. The molecule has 3 rings (SSSR count). The summed E-state index contributed by atoms with van der Waals surface area (Å²) < 4.78 is 27.6. The van der Waals surface area contributed by atoms with Crippen LogP contribution in [0, 0.1) is 17.8 Å². The molecule has 2 aliphatic rings. The lowest BCUT2D eigenvalue weighted by molar-refractivity contribution is -0.133. The molecule has 0 aliphatic heterocycles. The number of sulfonamides is 1. The highest BCUT2D eigenvalue weighted by Gasteiger charge is 2.32. The predicted molar refractivity (Wildman–Crippen MR) is 133 cm³/mol. The minimum absolute atomic E-state index is 0.0125. The summed E-state index contributed by atoms with van der Waals surface area (Å²) >= 11 is 0. The fourth-order valence-corrected chi connectivity index (χ4v) is 6.20. The van der Waals surface area contributed by atoms with Gasteiger partial charge in [-0.15, -0.1) is 0 Å². The van der Waals surface area contributed by atoms with Gasteiger partial charge < -0.3 is 10.6 Å². The third-order valence-corrected chi connectivity index (χ3v) is 8.72. The van der Waals surface area contributed by atoms with Crippen LogP contribution in [0.4, 0.5) is 0 Å². The van der Waals surface area contributed by atoms with Crippen molar-refractivity contribution in [1.29, 1.82) is 0 Å². The van der Waals surface area contributed by atoms with Gasteiger partial charge in [-0.1, -0.05) is 57.7 Å². The maximum absolute atomic E-state index is 13.0. The number of hydrogen-bond donors (Lipinski definition) is 3. The molecule has 0 bridgehead atoms. The van der Waals surface area contributed by atoms with Crippen molar-refractivity contribution >= 4 is 21.8 Å². The van der Waals surface area contributed by atoms with Crippen LogP contribution in [0.2, 0.25) is 0 Å². The Labute approximate surface area is 204 Å². The maximum Gasteiger partial charge on any atom is 0.243 e. The average molecular weight is 492 g/mol. The molecule has 1 aromatic carbocycles. The summed E-state index contributed by atoms with van der Waals surface area (Å²) in [6.07, 6.45) is 9.78. The van der Waals surface area contributed by atoms with Gasteiger partial charge in [-0.3, -0.25) is 9.59 Å². The molecule has 0 heterocycles. The highest BCUT2D eigenvalue weighted by Crippen LogP contribution is 2.29. The van der Waals surface area contributed by atoms with Crippen LogP contribution in [0.15, 0.2) is 35.2 Å². The van der Waals surface area contributed by atoms with Gasteiger partial charge in [-0.05, 0) is 62.5 Å². The minimum Gasteiger partial charge on any atom is -0.352 e. The lowest BCUT2D eigenvalue weighted by Gasteiger charge is -2.30. The van der Waals surface area contributed by atoms with E-state index in [1.807, 2.05) is 13.8 Å². The van der Waals surface area contributed by atoms with Crippen LogP contribution >= 0.6 is 0 Å². The van der Waals surface area contributed by atoms with E-state index in [-0.39, 0.29) is 40.5 Å². The zero-order valence-electron chi connectivity index (χ0n) is 20.6. The van der Waals surface area contributed by atoms with Gasteiger partial charge >= 0.3 is 0 Å². The number of hydrogen-bond acceptors (Lipinski definition) is 4. The van der Waals surface area contributed by atoms with Crippen LogP contribution < -0.4 is 15.4 Å². The van der Waals surface area contributed by atoms with Crippen LogP contribution in [0.5, 0.6) is 0 Å². The molecule has 190 valence electrons. The molecule has 0 aromatic heterocycles. The van der Waals surface area contributed by atoms with E-state index < -0.39 is 16.1 Å². The molecule has 3 N–H and O–H groups in total. The zero-order valence-corrected chi connectivity index (χ0v) is 21.4. The molecule has 0 saturated heterocycles. The molecule has 8 heteroatoms. The van der Waals surface area contributed by atoms with Crippen LogP contribution in [0.1, 0.15) is 78.1 Å². The van der Waals surface area contributed by atoms with Gasteiger partial charge in [-0.2, -0.15) is 0 Å². The monoisotopic (exact) mass is 491 g/mol. The summed E-state index contributed by atoms with van der Waals surface area (Å²) in [5.41, 5.74) is 0. The van der Waals surface area contributed by atoms with Crippen molar-refractivity contribution in [2.45, 2.75) is 95.0 Å². The predicted octanol–water partition coefficient (Wildman–Crippen LogP) is 3.75. The summed E-state index contributed by atoms with van der Waals surface area (Å²) in [6, 6.07) is 8.06. The maximum atomic E-state index is 13.0. The van der Waals surface area contributed by atoms with Gasteiger partial charge in [0, 0.05) is 18.5 Å². The van der Waals surface area contributed by atoms with E-state index in [0.717, 1.165) is 38.5 Å². The van der Waals surface area contributed by atoms with Gasteiger partial charge in [0.25, 0.3) is 0 Å². The first kappa shape index (κ1) is 26.7. The summed E-state index contributed by atoms with van der Waals surface area (Å²) in [6.45, 7) is 4.31. The van der Waals surface area contributed by atoms with Crippen molar-refractivity contribution in [2.24, 2.45) is 17.8 Å². The number of benzene rings is 1. The summed E-state index contributed by atoms with van der Waals surface area (Å²) in [5.74, 6) is -0.0355. The lowest BCUT2D eigenvalue weighted by Crippen LogP contribution is -2.53. The quantitative estimate of drug-likeness (QED) is 0.458. The molecule has 1 aromatic rings. The first-order chi connectivity index (χ1) is 16.3. The Balaban J connectivity index is 1.45. The molecule has 0 spiro atoms. The number of carbonyl (C=O) groups excluding carboxylic acids is 2. The SMILES string of the molecule is CC(C)C(NC(=O)C1CCC(CNS(=O)(=O)c2ccccc2)CC1)C(=O)NC1CCCCCC1. The van der Waals surface area contributed by atoms with E-state index >= 15 is 0 Å². The standard InChI is InChI=1S/C26H41N3O4S/c1-19(2)24(26(31)28-22-10-6-3-4-7-11-22)29-25(30)21-16-14-20(15-17-21)18-27-34(32,33)23-12-8-5-9-13-23/h5,8-9,12-13,19-22,24,27H,3-4,6-7,10-11,14-18H2,1-2H3,(H,28,31)(H,29,30). The van der Waals surface area contributed by atoms with Gasteiger partial charge in [0.15, 0.2) is 0 Å². The van der Waals surface area contributed by atoms with E-state index in [0.29, 0.717) is 19.4 Å². The largest absolute Gasteiger partial charge is 0.352 e. The Hall–Kier alpha value is -1.93. The second kappa shape index (κ2) is 12.7. The third-order valence-electron chi connectivity index (χ3n) is 7.28. The van der Waals surface area contributed by atoms with Crippen molar-refractivity contribution in [3.05, 3.63) is 30.3 Å². The highest BCUT2D eigenvalue weighted by atomic mass is 32.2. The number of rotatable bonds is 9. The molecule has 2 saturated carbocycles. The van der Waals surface area contributed by atoms with Crippen LogP contribution in [0.3, 0.4) is 0 Å². The first-order valence-electron chi connectivity index (χ1n) is 12.9. The molecule has 7 nitrogen and oxygen atoms in total. The third kappa shape index (κ3) is 7.80. The molecule has 1 atom stereocenters. The van der Waals surface area contributed by atoms with Crippen molar-refractivity contribution in [1.82, 2.24) is 15.4 Å². The normalized spacial score (nSPS) is 23.1. The van der Waals surface area contributed by atoms with Crippen molar-refractivity contribution in [3.63, 3.8) is 0 Å². The topological polar surface area (TPSA) is 104 Å². The molecule has 2 aliphatic carbocycles. The summed E-state index contributed by atoms with van der Waals surface area (Å²) in [5, 5.41) is 6.20. The molecular formula is C26H41N3O4S. The fraction of sp³-hybridized carbons (Fsp3) is 0.692. The van der Waals surface area contributed by atoms with E-state index in [1.165, 1.54) is 12.8 Å². The Bertz CT molecular complexity index is 888. The van der Waals surface area contributed by atoms with E-state index in [1.54, 1.807) is 30.3 Å². The van der Waals surface area contributed by atoms with Crippen molar-refractivity contribution < 1.29 is 18.0 Å². The Morgan fingerprint density at radius 2 is 1.53 bits per heavy atom. The summed E-state index contributed by atoms with van der Waals surface area (Å²) in [4.78, 5) is 26.2. The molecule has 2 amide bonds. The number of amides is 2. The second-order valence-corrected chi connectivity index (χ2v) is 12.1. The highest BCUT2D eigenvalue weighted by molar-refractivity contribution is 7.89. The number of nitrogens with one attached hydrogen (secondary N) is 3. The lowest BCUT2D eigenvalue weighted by atomic mass is 9.81. The van der Waals surface area contributed by atoms with E-state index in [2.05, 4.69) is 15.4 Å². The molecular weight excluding hydrogens is 450 g/mol. The molecule has 2 fully saturated rings. The van der Waals surface area contributed by atoms with E-state index in [4.69, 9.17) is 0 Å². The van der Waals surface area contributed by atoms with Crippen molar-refractivity contribution in [2.75, 3.05) is 6.54 Å². The van der Waals surface area contributed by atoms with Crippen LogP contribution in [-0.4, -0.2) is 38.9 Å². The second-order valence-electron chi connectivity index (χ2n) is 10.3. The van der Waals surface area contributed by atoms with Crippen molar-refractivity contribution in [3.8, 4) is 0 Å². The molecule has 34 heavy (non-hydrogen) atoms.